The van der Waals surface area contributed by atoms with Crippen molar-refractivity contribution in [2.45, 2.75) is 25.8 Å². The lowest BCUT2D eigenvalue weighted by molar-refractivity contribution is 0.0894. The minimum absolute atomic E-state index is 0.141. The van der Waals surface area contributed by atoms with Gasteiger partial charge in [-0.2, -0.15) is 0 Å². The van der Waals surface area contributed by atoms with E-state index in [2.05, 4.69) is 15.5 Å². The Kier molecular flexibility index (Phi) is 4.79. The molecule has 1 saturated heterocycles. The molecule has 0 unspecified atom stereocenters. The van der Waals surface area contributed by atoms with Crippen LogP contribution in [0.1, 0.15) is 30.3 Å². The molecule has 6 heteroatoms. The normalized spacial score (nSPS) is 16.2. The van der Waals surface area contributed by atoms with E-state index in [4.69, 9.17) is 16.6 Å². The molecule has 1 aromatic rings. The fraction of sp³-hybridized carbons (Fsp3) is 0.538. The van der Waals surface area contributed by atoms with Crippen LogP contribution in [0.25, 0.3) is 0 Å². The maximum atomic E-state index is 11.8. The van der Waals surface area contributed by atoms with Gasteiger partial charge in [0.15, 0.2) is 10.9 Å². The third-order valence-electron chi connectivity index (χ3n) is 3.19. The number of nitrogens with zero attached hydrogens (tertiary/aromatic N) is 1. The van der Waals surface area contributed by atoms with Crippen molar-refractivity contribution in [2.24, 2.45) is 0 Å². The zero-order chi connectivity index (χ0) is 13.7. The first-order chi connectivity index (χ1) is 9.20. The van der Waals surface area contributed by atoms with E-state index in [1.165, 1.54) is 6.26 Å². The van der Waals surface area contributed by atoms with Crippen molar-refractivity contribution in [1.29, 1.82) is 0 Å². The Morgan fingerprint density at radius 1 is 1.53 bits per heavy atom. The van der Waals surface area contributed by atoms with Crippen molar-refractivity contribution in [3.63, 3.8) is 0 Å². The zero-order valence-electron chi connectivity index (χ0n) is 11.0. The van der Waals surface area contributed by atoms with Gasteiger partial charge in [-0.3, -0.25) is 4.79 Å². The van der Waals surface area contributed by atoms with Gasteiger partial charge in [0.2, 0.25) is 0 Å². The largest absolute Gasteiger partial charge is 0.459 e. The molecule has 0 bridgehead atoms. The molecular formula is C13H19N3O2S. The molecule has 1 aliphatic heterocycles. The first kappa shape index (κ1) is 13.9. The summed E-state index contributed by atoms with van der Waals surface area (Å²) >= 11 is 5.28. The van der Waals surface area contributed by atoms with Crippen LogP contribution in [0.15, 0.2) is 22.8 Å². The highest BCUT2D eigenvalue weighted by Crippen LogP contribution is 2.11. The molecule has 0 aliphatic carbocycles. The fourth-order valence-electron chi connectivity index (χ4n) is 2.15. The number of amides is 1. The van der Waals surface area contributed by atoms with Gasteiger partial charge >= 0.3 is 0 Å². The summed E-state index contributed by atoms with van der Waals surface area (Å²) in [7, 11) is 0. The quantitative estimate of drug-likeness (QED) is 0.820. The van der Waals surface area contributed by atoms with Crippen LogP contribution in [-0.4, -0.2) is 41.6 Å². The Morgan fingerprint density at radius 2 is 2.26 bits per heavy atom. The van der Waals surface area contributed by atoms with Crippen LogP contribution in [0.4, 0.5) is 0 Å². The molecule has 5 nitrogen and oxygen atoms in total. The number of likely N-dealkylation sites (tertiary alicyclic amines) is 1. The Labute approximate surface area is 118 Å². The van der Waals surface area contributed by atoms with Crippen molar-refractivity contribution in [3.05, 3.63) is 24.2 Å². The van der Waals surface area contributed by atoms with Crippen molar-refractivity contribution in [2.75, 3.05) is 19.6 Å². The summed E-state index contributed by atoms with van der Waals surface area (Å²) in [5.74, 6) is 0.225. The SMILES string of the molecule is CCNC(=S)N1CCC(NC(=O)c2ccco2)CC1. The lowest BCUT2D eigenvalue weighted by Crippen LogP contribution is -2.49. The zero-order valence-corrected chi connectivity index (χ0v) is 11.8. The molecule has 0 atom stereocenters. The van der Waals surface area contributed by atoms with Crippen molar-refractivity contribution < 1.29 is 9.21 Å². The molecule has 0 radical (unpaired) electrons. The van der Waals surface area contributed by atoms with Gasteiger partial charge in [-0.05, 0) is 44.1 Å². The maximum absolute atomic E-state index is 11.8. The number of thiocarbonyl (C=S) groups is 1. The molecule has 2 rings (SSSR count). The summed E-state index contributed by atoms with van der Waals surface area (Å²) in [6.07, 6.45) is 3.31. The van der Waals surface area contributed by atoms with Crippen LogP contribution < -0.4 is 10.6 Å². The first-order valence-electron chi connectivity index (χ1n) is 6.58. The Balaban J connectivity index is 1.77. The number of hydrogen-bond donors (Lipinski definition) is 2. The minimum Gasteiger partial charge on any atom is -0.459 e. The van der Waals surface area contributed by atoms with Gasteiger partial charge in [0.25, 0.3) is 5.91 Å². The highest BCUT2D eigenvalue weighted by Gasteiger charge is 2.22. The third-order valence-corrected chi connectivity index (χ3v) is 3.59. The number of carbonyl (C=O) groups is 1. The minimum atomic E-state index is -0.141. The Bertz CT molecular complexity index is 425. The van der Waals surface area contributed by atoms with Crippen molar-refractivity contribution in [1.82, 2.24) is 15.5 Å². The van der Waals surface area contributed by atoms with Gasteiger partial charge in [0.05, 0.1) is 6.26 Å². The van der Waals surface area contributed by atoms with Gasteiger partial charge in [-0.25, -0.2) is 0 Å². The van der Waals surface area contributed by atoms with Crippen LogP contribution >= 0.6 is 12.2 Å². The van der Waals surface area contributed by atoms with E-state index < -0.39 is 0 Å². The predicted octanol–water partition coefficient (Wildman–Crippen LogP) is 1.37. The van der Waals surface area contributed by atoms with E-state index in [-0.39, 0.29) is 11.9 Å². The smallest absolute Gasteiger partial charge is 0.287 e. The molecule has 1 aliphatic rings. The monoisotopic (exact) mass is 281 g/mol. The lowest BCUT2D eigenvalue weighted by Gasteiger charge is -2.33. The number of rotatable bonds is 3. The van der Waals surface area contributed by atoms with Gasteiger partial charge in [0, 0.05) is 25.7 Å². The molecule has 1 fully saturated rings. The maximum Gasteiger partial charge on any atom is 0.287 e. The van der Waals surface area contributed by atoms with E-state index in [9.17, 15) is 4.79 Å². The average molecular weight is 281 g/mol. The average Bonchev–Trinajstić information content (AvgIpc) is 2.94. The first-order valence-corrected chi connectivity index (χ1v) is 6.98. The van der Waals surface area contributed by atoms with E-state index in [1.54, 1.807) is 12.1 Å². The van der Waals surface area contributed by atoms with Gasteiger partial charge in [0.1, 0.15) is 0 Å². The third kappa shape index (κ3) is 3.70. The van der Waals surface area contributed by atoms with Crippen LogP contribution in [0.2, 0.25) is 0 Å². The molecule has 2 heterocycles. The fourth-order valence-corrected chi connectivity index (χ4v) is 2.48. The van der Waals surface area contributed by atoms with Crippen molar-refractivity contribution in [3.8, 4) is 0 Å². The Hall–Kier alpha value is -1.56. The van der Waals surface area contributed by atoms with Crippen LogP contribution in [0.5, 0.6) is 0 Å². The predicted molar refractivity (Wildman–Crippen MR) is 77.0 cm³/mol. The van der Waals surface area contributed by atoms with Crippen LogP contribution in [0, 0.1) is 0 Å². The summed E-state index contributed by atoms with van der Waals surface area (Å²) in [5, 5.41) is 6.94. The van der Waals surface area contributed by atoms with Gasteiger partial charge < -0.3 is 20.0 Å². The highest BCUT2D eigenvalue weighted by molar-refractivity contribution is 7.80. The lowest BCUT2D eigenvalue weighted by atomic mass is 10.1. The van der Waals surface area contributed by atoms with E-state index in [1.807, 2.05) is 6.92 Å². The van der Waals surface area contributed by atoms with E-state index in [0.717, 1.165) is 37.6 Å². The second-order valence-electron chi connectivity index (χ2n) is 4.55. The second kappa shape index (κ2) is 6.56. The number of piperidine rings is 1. The molecule has 104 valence electrons. The summed E-state index contributed by atoms with van der Waals surface area (Å²) in [4.78, 5) is 14.0. The molecule has 0 saturated carbocycles. The molecule has 19 heavy (non-hydrogen) atoms. The number of nitrogens with one attached hydrogen (secondary N) is 2. The van der Waals surface area contributed by atoms with E-state index >= 15 is 0 Å². The summed E-state index contributed by atoms with van der Waals surface area (Å²) in [5.41, 5.74) is 0. The van der Waals surface area contributed by atoms with Crippen LogP contribution in [0.3, 0.4) is 0 Å². The standard InChI is InChI=1S/C13H19N3O2S/c1-2-14-13(19)16-7-5-10(6-8-16)15-12(17)11-4-3-9-18-11/h3-4,9-10H,2,5-8H2,1H3,(H,14,19)(H,15,17). The summed E-state index contributed by atoms with van der Waals surface area (Å²) in [6.45, 7) is 4.61. The molecule has 1 amide bonds. The summed E-state index contributed by atoms with van der Waals surface area (Å²) in [6, 6.07) is 3.58. The van der Waals surface area contributed by atoms with Crippen molar-refractivity contribution >= 4 is 23.2 Å². The van der Waals surface area contributed by atoms with E-state index in [0.29, 0.717) is 5.76 Å². The summed E-state index contributed by atoms with van der Waals surface area (Å²) < 4.78 is 5.07. The molecule has 2 N–H and O–H groups in total. The van der Waals surface area contributed by atoms with Gasteiger partial charge in [-0.1, -0.05) is 0 Å². The van der Waals surface area contributed by atoms with Gasteiger partial charge in [-0.15, -0.1) is 0 Å². The number of hydrogen-bond acceptors (Lipinski definition) is 3. The number of furan rings is 1. The molecule has 0 aromatic carbocycles. The molecular weight excluding hydrogens is 262 g/mol. The molecule has 0 spiro atoms. The number of carbonyl (C=O) groups excluding carboxylic acids is 1. The molecule has 1 aromatic heterocycles. The van der Waals surface area contributed by atoms with Crippen LogP contribution in [-0.2, 0) is 0 Å². The second-order valence-corrected chi connectivity index (χ2v) is 4.93. The topological polar surface area (TPSA) is 57.5 Å². The Morgan fingerprint density at radius 3 is 2.84 bits per heavy atom. The highest BCUT2D eigenvalue weighted by atomic mass is 32.1.